The third kappa shape index (κ3) is 2.63. The van der Waals surface area contributed by atoms with Gasteiger partial charge in [0, 0.05) is 12.1 Å². The summed E-state index contributed by atoms with van der Waals surface area (Å²) in [6, 6.07) is 1.16. The third-order valence-electron chi connectivity index (χ3n) is 2.38. The fraction of sp³-hybridized carbons (Fsp3) is 0.182. The second-order valence-corrected chi connectivity index (χ2v) is 4.83. The van der Waals surface area contributed by atoms with E-state index in [-0.39, 0.29) is 15.4 Å². The molecule has 0 radical (unpaired) electrons. The highest BCUT2D eigenvalue weighted by Gasteiger charge is 2.37. The predicted octanol–water partition coefficient (Wildman–Crippen LogP) is 3.70. The summed E-state index contributed by atoms with van der Waals surface area (Å²) < 4.78 is 76.9. The van der Waals surface area contributed by atoms with Crippen molar-refractivity contribution in [2.24, 2.45) is 5.73 Å². The molecule has 2 N–H and O–H groups in total. The first-order valence-corrected chi connectivity index (χ1v) is 5.97. The Bertz CT molecular complexity index is 626. The molecule has 2 aromatic rings. The first-order valence-electron chi connectivity index (χ1n) is 5.16. The smallest absolute Gasteiger partial charge is 0.326 e. The van der Waals surface area contributed by atoms with Gasteiger partial charge in [-0.05, 0) is 12.1 Å². The molecule has 0 aliphatic rings. The van der Waals surface area contributed by atoms with Crippen LogP contribution in [0.5, 0.6) is 0 Å². The van der Waals surface area contributed by atoms with Crippen molar-refractivity contribution in [3.63, 3.8) is 0 Å². The minimum Gasteiger partial charge on any atom is -0.326 e. The summed E-state index contributed by atoms with van der Waals surface area (Å²) in [4.78, 5) is 3.03. The number of hydrogen-bond donors (Lipinski definition) is 1. The standard InChI is InChI=1S/C11H6F6N2S/c12-5-1-4(2-6(13)8(5)14)10-19-9(11(15,16)17)7(3-18)20-10/h1-2H,3,18H2. The summed E-state index contributed by atoms with van der Waals surface area (Å²) >= 11 is 0.551. The second kappa shape index (κ2) is 5.06. The molecule has 1 heterocycles. The van der Waals surface area contributed by atoms with E-state index in [1.54, 1.807) is 0 Å². The number of halogens is 6. The predicted molar refractivity (Wildman–Crippen MR) is 60.3 cm³/mol. The van der Waals surface area contributed by atoms with Crippen LogP contribution >= 0.6 is 11.3 Å². The van der Waals surface area contributed by atoms with Crippen molar-refractivity contribution < 1.29 is 26.3 Å². The molecule has 0 bridgehead atoms. The highest BCUT2D eigenvalue weighted by atomic mass is 32.1. The normalized spacial score (nSPS) is 11.9. The van der Waals surface area contributed by atoms with Crippen LogP contribution < -0.4 is 5.73 Å². The molecule has 2 rings (SSSR count). The van der Waals surface area contributed by atoms with Crippen molar-refractivity contribution in [3.05, 3.63) is 40.2 Å². The van der Waals surface area contributed by atoms with E-state index in [4.69, 9.17) is 5.73 Å². The van der Waals surface area contributed by atoms with Crippen molar-refractivity contribution in [3.8, 4) is 10.6 Å². The van der Waals surface area contributed by atoms with Crippen molar-refractivity contribution >= 4 is 11.3 Å². The van der Waals surface area contributed by atoms with E-state index in [1.807, 2.05) is 0 Å². The van der Waals surface area contributed by atoms with Crippen molar-refractivity contribution in [1.82, 2.24) is 4.98 Å². The summed E-state index contributed by atoms with van der Waals surface area (Å²) in [7, 11) is 0. The van der Waals surface area contributed by atoms with Crippen LogP contribution in [-0.4, -0.2) is 4.98 Å². The summed E-state index contributed by atoms with van der Waals surface area (Å²) in [6.07, 6.45) is -4.72. The van der Waals surface area contributed by atoms with Crippen LogP contribution in [0.1, 0.15) is 10.6 Å². The van der Waals surface area contributed by atoms with Gasteiger partial charge in [0.25, 0.3) is 0 Å². The minimum absolute atomic E-state index is 0.266. The van der Waals surface area contributed by atoms with Gasteiger partial charge in [-0.25, -0.2) is 18.2 Å². The average Bonchev–Trinajstić information content (AvgIpc) is 2.79. The Morgan fingerprint density at radius 3 is 2.05 bits per heavy atom. The first-order chi connectivity index (χ1) is 9.24. The number of aromatic nitrogens is 1. The van der Waals surface area contributed by atoms with Crippen LogP contribution in [0.25, 0.3) is 10.6 Å². The van der Waals surface area contributed by atoms with Crippen molar-refractivity contribution in [2.45, 2.75) is 12.7 Å². The molecule has 0 atom stereocenters. The molecule has 20 heavy (non-hydrogen) atoms. The number of thiazole rings is 1. The molecule has 1 aromatic carbocycles. The highest BCUT2D eigenvalue weighted by Crippen LogP contribution is 2.37. The molecule has 0 saturated carbocycles. The van der Waals surface area contributed by atoms with Crippen LogP contribution in [0.15, 0.2) is 12.1 Å². The van der Waals surface area contributed by atoms with Gasteiger partial charge < -0.3 is 5.73 Å². The van der Waals surface area contributed by atoms with Gasteiger partial charge in [0.05, 0.1) is 4.88 Å². The number of hydrogen-bond acceptors (Lipinski definition) is 3. The molecule has 0 aliphatic heterocycles. The van der Waals surface area contributed by atoms with Gasteiger partial charge in [0.1, 0.15) is 5.01 Å². The molecule has 2 nitrogen and oxygen atoms in total. The summed E-state index contributed by atoms with van der Waals surface area (Å²) in [5.74, 6) is -4.70. The van der Waals surface area contributed by atoms with Crippen LogP contribution in [0.4, 0.5) is 26.3 Å². The van der Waals surface area contributed by atoms with E-state index in [0.717, 1.165) is 0 Å². The maximum atomic E-state index is 13.1. The van der Waals surface area contributed by atoms with Gasteiger partial charge in [0.2, 0.25) is 0 Å². The fourth-order valence-electron chi connectivity index (χ4n) is 1.51. The zero-order chi connectivity index (χ0) is 15.1. The van der Waals surface area contributed by atoms with E-state index in [0.29, 0.717) is 23.5 Å². The van der Waals surface area contributed by atoms with E-state index in [2.05, 4.69) is 4.98 Å². The molecule has 108 valence electrons. The molecular formula is C11H6F6N2S. The molecule has 1 aromatic heterocycles. The Morgan fingerprint density at radius 2 is 1.65 bits per heavy atom. The van der Waals surface area contributed by atoms with E-state index >= 15 is 0 Å². The number of nitrogens with two attached hydrogens (primary N) is 1. The van der Waals surface area contributed by atoms with Gasteiger partial charge in [-0.2, -0.15) is 13.2 Å². The first kappa shape index (κ1) is 14.8. The number of alkyl halides is 3. The summed E-state index contributed by atoms with van der Waals surface area (Å²) in [5.41, 5.74) is 3.70. The summed E-state index contributed by atoms with van der Waals surface area (Å²) in [6.45, 7) is -0.418. The zero-order valence-electron chi connectivity index (χ0n) is 9.56. The van der Waals surface area contributed by atoms with Gasteiger partial charge in [-0.3, -0.25) is 0 Å². The molecular weight excluding hydrogens is 306 g/mol. The summed E-state index contributed by atoms with van der Waals surface area (Å²) in [5, 5.41) is -0.282. The van der Waals surface area contributed by atoms with Gasteiger partial charge >= 0.3 is 6.18 Å². The second-order valence-electron chi connectivity index (χ2n) is 3.75. The lowest BCUT2D eigenvalue weighted by Crippen LogP contribution is -2.10. The maximum Gasteiger partial charge on any atom is 0.434 e. The molecule has 0 fully saturated rings. The fourth-order valence-corrected chi connectivity index (χ4v) is 2.46. The SMILES string of the molecule is NCc1sc(-c2cc(F)c(F)c(F)c2)nc1C(F)(F)F. The van der Waals surface area contributed by atoms with Crippen LogP contribution in [0.2, 0.25) is 0 Å². The minimum atomic E-state index is -4.72. The molecule has 9 heteroatoms. The van der Waals surface area contributed by atoms with Crippen LogP contribution in [0, 0.1) is 17.5 Å². The molecule has 0 spiro atoms. The van der Waals surface area contributed by atoms with Crippen LogP contribution in [0.3, 0.4) is 0 Å². The maximum absolute atomic E-state index is 13.1. The number of rotatable bonds is 2. The van der Waals surface area contributed by atoms with Crippen molar-refractivity contribution in [1.29, 1.82) is 0 Å². The molecule has 0 aliphatic carbocycles. The van der Waals surface area contributed by atoms with Gasteiger partial charge in [-0.1, -0.05) is 0 Å². The highest BCUT2D eigenvalue weighted by molar-refractivity contribution is 7.15. The van der Waals surface area contributed by atoms with Gasteiger partial charge in [0.15, 0.2) is 23.1 Å². The van der Waals surface area contributed by atoms with Gasteiger partial charge in [-0.15, -0.1) is 11.3 Å². The number of nitrogens with zero attached hydrogens (tertiary/aromatic N) is 1. The average molecular weight is 312 g/mol. The molecule has 0 amide bonds. The van der Waals surface area contributed by atoms with Crippen LogP contribution in [-0.2, 0) is 12.7 Å². The Morgan fingerprint density at radius 1 is 1.10 bits per heavy atom. The molecule has 0 saturated heterocycles. The monoisotopic (exact) mass is 312 g/mol. The molecule has 0 unspecified atom stereocenters. The lowest BCUT2D eigenvalue weighted by atomic mass is 10.2. The Balaban J connectivity index is 2.57. The largest absolute Gasteiger partial charge is 0.434 e. The van der Waals surface area contributed by atoms with E-state index < -0.39 is 35.9 Å². The van der Waals surface area contributed by atoms with E-state index in [1.165, 1.54) is 0 Å². The lowest BCUT2D eigenvalue weighted by Gasteiger charge is -2.03. The third-order valence-corrected chi connectivity index (χ3v) is 3.51. The van der Waals surface area contributed by atoms with E-state index in [9.17, 15) is 26.3 Å². The Labute approximate surface area is 112 Å². The Hall–Kier alpha value is -1.61. The lowest BCUT2D eigenvalue weighted by molar-refractivity contribution is -0.141. The van der Waals surface area contributed by atoms with Crippen molar-refractivity contribution in [2.75, 3.05) is 0 Å². The number of benzene rings is 1. The topological polar surface area (TPSA) is 38.9 Å². The quantitative estimate of drug-likeness (QED) is 0.678. The zero-order valence-corrected chi connectivity index (χ0v) is 10.4. The Kier molecular flexibility index (Phi) is 3.74.